The first-order valence-corrected chi connectivity index (χ1v) is 8.11. The fraction of sp³-hybridized carbons (Fsp3) is 0.0556. The van der Waals surface area contributed by atoms with Crippen molar-refractivity contribution in [3.05, 3.63) is 70.7 Å². The van der Waals surface area contributed by atoms with E-state index in [1.165, 1.54) is 29.5 Å². The van der Waals surface area contributed by atoms with Gasteiger partial charge in [-0.15, -0.1) is 11.3 Å². The van der Waals surface area contributed by atoms with Gasteiger partial charge in [0.05, 0.1) is 22.5 Å². The summed E-state index contributed by atoms with van der Waals surface area (Å²) in [6.07, 6.45) is -2.36. The Morgan fingerprint density at radius 1 is 1.12 bits per heavy atom. The summed E-state index contributed by atoms with van der Waals surface area (Å²) >= 11 is 1.31. The topological polar surface area (TPSA) is 49.6 Å². The number of nitriles is 1. The third-order valence-electron chi connectivity index (χ3n) is 3.39. The second-order valence-electron chi connectivity index (χ2n) is 5.18. The van der Waals surface area contributed by atoms with Gasteiger partial charge in [0.25, 0.3) is 0 Å². The van der Waals surface area contributed by atoms with Crippen LogP contribution in [0.1, 0.15) is 17.0 Å². The van der Waals surface area contributed by atoms with E-state index in [9.17, 15) is 22.8 Å². The molecule has 2 heterocycles. The number of pyridine rings is 1. The number of hydrogen-bond donors (Lipinski definition) is 0. The Morgan fingerprint density at radius 3 is 2.42 bits per heavy atom. The van der Waals surface area contributed by atoms with E-state index in [2.05, 4.69) is 9.97 Å². The van der Waals surface area contributed by atoms with Crippen molar-refractivity contribution in [3.63, 3.8) is 0 Å². The lowest BCUT2D eigenvalue weighted by Gasteiger charge is -2.06. The minimum absolute atomic E-state index is 0.0923. The Balaban J connectivity index is 1.88. The van der Waals surface area contributed by atoms with Gasteiger partial charge < -0.3 is 0 Å². The molecule has 0 radical (unpaired) electrons. The van der Waals surface area contributed by atoms with Crippen LogP contribution < -0.4 is 0 Å². The first kappa shape index (κ1) is 17.8. The van der Waals surface area contributed by atoms with Gasteiger partial charge in [-0.2, -0.15) is 18.4 Å². The number of rotatable bonds is 3. The lowest BCUT2D eigenvalue weighted by Crippen LogP contribution is -2.05. The van der Waals surface area contributed by atoms with Crippen molar-refractivity contribution >= 4 is 23.0 Å². The standard InChI is InChI=1S/C18H9F4N3S/c19-14-4-1-11(2-5-14)17-25-15(10-26-17)7-12(8-23)16-6-3-13(9-24-16)18(20,21)22/h1-7,9-10H/b12-7+. The van der Waals surface area contributed by atoms with Gasteiger partial charge in [0.15, 0.2) is 0 Å². The molecule has 8 heteroatoms. The monoisotopic (exact) mass is 375 g/mol. The van der Waals surface area contributed by atoms with Crippen LogP contribution in [-0.4, -0.2) is 9.97 Å². The summed E-state index contributed by atoms with van der Waals surface area (Å²) in [6, 6.07) is 9.74. The first-order chi connectivity index (χ1) is 12.4. The molecule has 0 spiro atoms. The van der Waals surface area contributed by atoms with Gasteiger partial charge in [-0.05, 0) is 42.5 Å². The molecule has 1 aromatic carbocycles. The second kappa shape index (κ2) is 7.06. The molecule has 0 bridgehead atoms. The number of benzene rings is 1. The van der Waals surface area contributed by atoms with Gasteiger partial charge in [0.1, 0.15) is 16.9 Å². The summed E-state index contributed by atoms with van der Waals surface area (Å²) in [4.78, 5) is 8.05. The Bertz CT molecular complexity index is 981. The maximum Gasteiger partial charge on any atom is 0.417 e. The van der Waals surface area contributed by atoms with Gasteiger partial charge in [0.2, 0.25) is 0 Å². The maximum absolute atomic E-state index is 13.0. The zero-order chi connectivity index (χ0) is 18.7. The van der Waals surface area contributed by atoms with Crippen molar-refractivity contribution in [2.45, 2.75) is 6.18 Å². The van der Waals surface area contributed by atoms with Crippen LogP contribution in [0.3, 0.4) is 0 Å². The van der Waals surface area contributed by atoms with Crippen LogP contribution in [-0.2, 0) is 6.18 Å². The highest BCUT2D eigenvalue weighted by Crippen LogP contribution is 2.30. The molecule has 0 saturated carbocycles. The van der Waals surface area contributed by atoms with Crippen LogP contribution in [0.4, 0.5) is 17.6 Å². The molecule has 26 heavy (non-hydrogen) atoms. The van der Waals surface area contributed by atoms with E-state index < -0.39 is 11.7 Å². The lowest BCUT2D eigenvalue weighted by atomic mass is 10.1. The molecule has 0 atom stereocenters. The van der Waals surface area contributed by atoms with E-state index in [-0.39, 0.29) is 17.1 Å². The number of nitrogens with zero attached hydrogens (tertiary/aromatic N) is 3. The Kier molecular flexibility index (Phi) is 4.82. The normalized spacial score (nSPS) is 12.0. The number of halogens is 4. The first-order valence-electron chi connectivity index (χ1n) is 7.24. The van der Waals surface area contributed by atoms with Crippen molar-refractivity contribution in [1.29, 1.82) is 5.26 Å². The van der Waals surface area contributed by atoms with Crippen molar-refractivity contribution in [1.82, 2.24) is 9.97 Å². The van der Waals surface area contributed by atoms with Crippen LogP contribution in [0.2, 0.25) is 0 Å². The minimum Gasteiger partial charge on any atom is -0.255 e. The third kappa shape index (κ3) is 3.95. The van der Waals surface area contributed by atoms with Crippen molar-refractivity contribution < 1.29 is 17.6 Å². The molecule has 0 fully saturated rings. The fourth-order valence-corrected chi connectivity index (χ4v) is 2.89. The van der Waals surface area contributed by atoms with Crippen LogP contribution >= 0.6 is 11.3 Å². The van der Waals surface area contributed by atoms with Crippen LogP contribution in [0.5, 0.6) is 0 Å². The molecule has 0 aliphatic rings. The Morgan fingerprint density at radius 2 is 1.85 bits per heavy atom. The number of alkyl halides is 3. The SMILES string of the molecule is N#C/C(=C\c1csc(-c2ccc(F)cc2)n1)c1ccc(C(F)(F)F)cn1. The number of thiazole rings is 1. The van der Waals surface area contributed by atoms with E-state index in [0.29, 0.717) is 16.9 Å². The zero-order valence-corrected chi connectivity index (χ0v) is 13.8. The molecule has 3 aromatic rings. The maximum atomic E-state index is 13.0. The quantitative estimate of drug-likeness (QED) is 0.453. The number of aromatic nitrogens is 2. The molecule has 0 unspecified atom stereocenters. The van der Waals surface area contributed by atoms with E-state index in [1.807, 2.05) is 6.07 Å². The van der Waals surface area contributed by atoms with Gasteiger partial charge in [0, 0.05) is 17.1 Å². The average Bonchev–Trinajstić information content (AvgIpc) is 3.08. The van der Waals surface area contributed by atoms with Gasteiger partial charge in [-0.3, -0.25) is 4.98 Å². The summed E-state index contributed by atoms with van der Waals surface area (Å²) in [5.41, 5.74) is 0.520. The molecular formula is C18H9F4N3S. The molecule has 2 aromatic heterocycles. The highest BCUT2D eigenvalue weighted by molar-refractivity contribution is 7.13. The van der Waals surface area contributed by atoms with Crippen molar-refractivity contribution in [3.8, 4) is 16.6 Å². The third-order valence-corrected chi connectivity index (χ3v) is 4.30. The lowest BCUT2D eigenvalue weighted by molar-refractivity contribution is -0.137. The molecule has 130 valence electrons. The highest BCUT2D eigenvalue weighted by atomic mass is 32.1. The molecule has 0 saturated heterocycles. The molecule has 0 aliphatic heterocycles. The van der Waals surface area contributed by atoms with E-state index >= 15 is 0 Å². The number of allylic oxidation sites excluding steroid dienone is 1. The zero-order valence-electron chi connectivity index (χ0n) is 13.0. The summed E-state index contributed by atoms with van der Waals surface area (Å²) in [7, 11) is 0. The molecule has 3 rings (SSSR count). The fourth-order valence-electron chi connectivity index (χ4n) is 2.11. The smallest absolute Gasteiger partial charge is 0.255 e. The summed E-state index contributed by atoms with van der Waals surface area (Å²) < 4.78 is 50.7. The van der Waals surface area contributed by atoms with Crippen LogP contribution in [0.15, 0.2) is 48.0 Å². The van der Waals surface area contributed by atoms with Gasteiger partial charge >= 0.3 is 6.18 Å². The van der Waals surface area contributed by atoms with Crippen LogP contribution in [0.25, 0.3) is 22.2 Å². The predicted octanol–water partition coefficient (Wildman–Crippen LogP) is 5.43. The predicted molar refractivity (Wildman–Crippen MR) is 90.2 cm³/mol. The molecule has 0 aliphatic carbocycles. The molecular weight excluding hydrogens is 366 g/mol. The summed E-state index contributed by atoms with van der Waals surface area (Å²) in [6.45, 7) is 0. The van der Waals surface area contributed by atoms with Crippen molar-refractivity contribution in [2.75, 3.05) is 0 Å². The average molecular weight is 375 g/mol. The molecule has 0 N–H and O–H groups in total. The minimum atomic E-state index is -4.49. The summed E-state index contributed by atoms with van der Waals surface area (Å²) in [5, 5.41) is 11.6. The Labute approximate surface area is 149 Å². The van der Waals surface area contributed by atoms with E-state index in [4.69, 9.17) is 0 Å². The van der Waals surface area contributed by atoms with E-state index in [0.717, 1.165) is 17.7 Å². The van der Waals surface area contributed by atoms with Gasteiger partial charge in [-0.25, -0.2) is 9.37 Å². The van der Waals surface area contributed by atoms with E-state index in [1.54, 1.807) is 17.5 Å². The molecule has 0 amide bonds. The Hall–Kier alpha value is -3.05. The summed E-state index contributed by atoms with van der Waals surface area (Å²) in [5.74, 6) is -0.356. The van der Waals surface area contributed by atoms with Crippen molar-refractivity contribution in [2.24, 2.45) is 0 Å². The highest BCUT2D eigenvalue weighted by Gasteiger charge is 2.30. The molecule has 3 nitrogen and oxygen atoms in total. The number of hydrogen-bond acceptors (Lipinski definition) is 4. The van der Waals surface area contributed by atoms with Gasteiger partial charge in [-0.1, -0.05) is 0 Å². The second-order valence-corrected chi connectivity index (χ2v) is 6.04. The van der Waals surface area contributed by atoms with Crippen LogP contribution in [0, 0.1) is 17.1 Å². The largest absolute Gasteiger partial charge is 0.417 e.